The van der Waals surface area contributed by atoms with Crippen molar-refractivity contribution < 1.29 is 5.11 Å². The molecule has 2 nitrogen and oxygen atoms in total. The number of phenolic OH excluding ortho intramolecular Hbond substituents is 1. The summed E-state index contributed by atoms with van der Waals surface area (Å²) in [5.74, 6) is 1.24. The molecule has 0 aromatic heterocycles. The van der Waals surface area contributed by atoms with Crippen LogP contribution in [0.5, 0.6) is 5.75 Å². The van der Waals surface area contributed by atoms with Gasteiger partial charge in [0.25, 0.3) is 0 Å². The molecule has 1 aliphatic carbocycles. The van der Waals surface area contributed by atoms with Gasteiger partial charge in [0.1, 0.15) is 5.75 Å². The molecule has 80 valence electrons. The molecule has 1 aromatic rings. The highest BCUT2D eigenvalue weighted by molar-refractivity contribution is 9.10. The fourth-order valence-corrected chi connectivity index (χ4v) is 2.86. The summed E-state index contributed by atoms with van der Waals surface area (Å²) in [7, 11) is 0. The van der Waals surface area contributed by atoms with Gasteiger partial charge < -0.3 is 10.4 Å². The van der Waals surface area contributed by atoms with Gasteiger partial charge in [-0.15, -0.1) is 0 Å². The van der Waals surface area contributed by atoms with Crippen LogP contribution in [-0.2, 0) is 6.42 Å². The monoisotopic (exact) mass is 267 g/mol. The third kappa shape index (κ3) is 1.58. The molecule has 0 amide bonds. The van der Waals surface area contributed by atoms with E-state index in [0.717, 1.165) is 28.9 Å². The molecule has 15 heavy (non-hydrogen) atoms. The zero-order chi connectivity index (χ0) is 10.4. The van der Waals surface area contributed by atoms with Gasteiger partial charge in [-0.1, -0.05) is 6.07 Å². The molecule has 3 heteroatoms. The Morgan fingerprint density at radius 1 is 1.33 bits per heavy atom. The Hall–Kier alpha value is -0.540. The largest absolute Gasteiger partial charge is 0.506 e. The van der Waals surface area contributed by atoms with Crippen LogP contribution in [0.3, 0.4) is 0 Å². The van der Waals surface area contributed by atoms with Crippen molar-refractivity contribution in [2.24, 2.45) is 5.92 Å². The molecule has 2 aliphatic rings. The van der Waals surface area contributed by atoms with Gasteiger partial charge in [-0.3, -0.25) is 0 Å². The van der Waals surface area contributed by atoms with Crippen molar-refractivity contribution in [2.45, 2.75) is 25.3 Å². The summed E-state index contributed by atoms with van der Waals surface area (Å²) < 4.78 is 0.817. The van der Waals surface area contributed by atoms with Crippen molar-refractivity contribution in [1.29, 1.82) is 0 Å². The summed E-state index contributed by atoms with van der Waals surface area (Å²) in [5, 5.41) is 13.5. The van der Waals surface area contributed by atoms with E-state index in [1.165, 1.54) is 18.4 Å². The predicted octanol–water partition coefficient (Wildman–Crippen LogP) is 2.75. The van der Waals surface area contributed by atoms with E-state index in [4.69, 9.17) is 0 Å². The highest BCUT2D eigenvalue weighted by Crippen LogP contribution is 2.45. The van der Waals surface area contributed by atoms with Crippen molar-refractivity contribution in [3.05, 3.63) is 27.7 Å². The number of phenols is 1. The zero-order valence-corrected chi connectivity index (χ0v) is 10.0. The van der Waals surface area contributed by atoms with Crippen LogP contribution in [0.15, 0.2) is 16.6 Å². The van der Waals surface area contributed by atoms with Crippen LogP contribution in [-0.4, -0.2) is 11.7 Å². The third-order valence-corrected chi connectivity index (χ3v) is 4.08. The standard InChI is InChI=1S/C12H14BrNO/c13-10-4-3-8-9(12(10)15)5-6-14-11(8)7-1-2-7/h3-4,7,11,14-15H,1-2,5-6H2. The Balaban J connectivity index is 2.07. The molecule has 1 aromatic carbocycles. The Morgan fingerprint density at radius 2 is 2.13 bits per heavy atom. The molecule has 1 saturated carbocycles. The van der Waals surface area contributed by atoms with Crippen LogP contribution in [0, 0.1) is 5.92 Å². The summed E-state index contributed by atoms with van der Waals surface area (Å²) in [6.45, 7) is 0.984. The molecule has 0 radical (unpaired) electrons. The smallest absolute Gasteiger partial charge is 0.133 e. The number of nitrogens with one attached hydrogen (secondary N) is 1. The van der Waals surface area contributed by atoms with E-state index in [2.05, 4.69) is 27.3 Å². The van der Waals surface area contributed by atoms with E-state index < -0.39 is 0 Å². The second kappa shape index (κ2) is 3.49. The van der Waals surface area contributed by atoms with E-state index in [1.807, 2.05) is 6.07 Å². The zero-order valence-electron chi connectivity index (χ0n) is 8.46. The fraction of sp³-hybridized carbons (Fsp3) is 0.500. The minimum absolute atomic E-state index is 0.444. The van der Waals surface area contributed by atoms with Crippen LogP contribution in [0.2, 0.25) is 0 Å². The first-order valence-corrected chi connectivity index (χ1v) is 6.30. The SMILES string of the molecule is Oc1c(Br)ccc2c1CCNC2C1CC1. The molecule has 0 saturated heterocycles. The van der Waals surface area contributed by atoms with E-state index >= 15 is 0 Å². The predicted molar refractivity (Wildman–Crippen MR) is 63.0 cm³/mol. The average molecular weight is 268 g/mol. The van der Waals surface area contributed by atoms with Crippen molar-refractivity contribution in [3.8, 4) is 5.75 Å². The van der Waals surface area contributed by atoms with E-state index in [0.29, 0.717) is 11.8 Å². The molecule has 2 N–H and O–H groups in total. The second-order valence-corrected chi connectivity index (χ2v) is 5.34. The molecule has 3 rings (SSSR count). The summed E-state index contributed by atoms with van der Waals surface area (Å²) >= 11 is 3.38. The van der Waals surface area contributed by atoms with Crippen LogP contribution in [0.4, 0.5) is 0 Å². The molecule has 1 unspecified atom stereocenters. The number of halogens is 1. The molecular weight excluding hydrogens is 254 g/mol. The summed E-state index contributed by atoms with van der Waals surface area (Å²) in [6, 6.07) is 4.58. The number of hydrogen-bond acceptors (Lipinski definition) is 2. The lowest BCUT2D eigenvalue weighted by atomic mass is 9.91. The highest BCUT2D eigenvalue weighted by Gasteiger charge is 2.35. The van der Waals surface area contributed by atoms with Crippen molar-refractivity contribution in [2.75, 3.05) is 6.54 Å². The average Bonchev–Trinajstić information content (AvgIpc) is 3.07. The lowest BCUT2D eigenvalue weighted by molar-refractivity contribution is 0.426. The van der Waals surface area contributed by atoms with Gasteiger partial charge in [0, 0.05) is 11.6 Å². The third-order valence-electron chi connectivity index (χ3n) is 3.44. The Bertz CT molecular complexity index is 401. The summed E-state index contributed by atoms with van der Waals surface area (Å²) in [4.78, 5) is 0. The van der Waals surface area contributed by atoms with E-state index in [9.17, 15) is 5.11 Å². The first-order chi connectivity index (χ1) is 7.27. The van der Waals surface area contributed by atoms with Gasteiger partial charge in [0.05, 0.1) is 4.47 Å². The summed E-state index contributed by atoms with van der Waals surface area (Å²) in [5.41, 5.74) is 2.45. The van der Waals surface area contributed by atoms with Gasteiger partial charge in [0.2, 0.25) is 0 Å². The molecule has 1 fully saturated rings. The van der Waals surface area contributed by atoms with E-state index in [1.54, 1.807) is 0 Å². The summed E-state index contributed by atoms with van der Waals surface area (Å²) in [6.07, 6.45) is 3.59. The van der Waals surface area contributed by atoms with Crippen LogP contribution in [0.1, 0.15) is 30.0 Å². The minimum atomic E-state index is 0.444. The molecule has 0 spiro atoms. The second-order valence-electron chi connectivity index (χ2n) is 4.48. The van der Waals surface area contributed by atoms with Gasteiger partial charge in [-0.05, 0) is 59.3 Å². The van der Waals surface area contributed by atoms with Crippen molar-refractivity contribution in [1.82, 2.24) is 5.32 Å². The molecule has 1 atom stereocenters. The quantitative estimate of drug-likeness (QED) is 0.820. The number of aromatic hydroxyl groups is 1. The van der Waals surface area contributed by atoms with Gasteiger partial charge in [-0.25, -0.2) is 0 Å². The van der Waals surface area contributed by atoms with Crippen LogP contribution in [0.25, 0.3) is 0 Å². The minimum Gasteiger partial charge on any atom is -0.506 e. The van der Waals surface area contributed by atoms with Gasteiger partial charge >= 0.3 is 0 Å². The molecule has 1 heterocycles. The maximum absolute atomic E-state index is 9.99. The Labute approximate surface area is 97.8 Å². The fourth-order valence-electron chi connectivity index (χ4n) is 2.49. The Morgan fingerprint density at radius 3 is 2.87 bits per heavy atom. The van der Waals surface area contributed by atoms with Crippen LogP contribution >= 0.6 is 15.9 Å². The first kappa shape index (κ1) is 9.67. The molecular formula is C12H14BrNO. The maximum Gasteiger partial charge on any atom is 0.133 e. The van der Waals surface area contributed by atoms with E-state index in [-0.39, 0.29) is 0 Å². The Kier molecular flexibility index (Phi) is 2.25. The molecule has 0 bridgehead atoms. The maximum atomic E-state index is 9.99. The molecule has 1 aliphatic heterocycles. The number of benzene rings is 1. The first-order valence-electron chi connectivity index (χ1n) is 5.51. The number of fused-ring (bicyclic) bond motifs is 1. The highest BCUT2D eigenvalue weighted by atomic mass is 79.9. The lowest BCUT2D eigenvalue weighted by Gasteiger charge is -2.27. The number of rotatable bonds is 1. The topological polar surface area (TPSA) is 32.3 Å². The lowest BCUT2D eigenvalue weighted by Crippen LogP contribution is -2.31. The van der Waals surface area contributed by atoms with Crippen LogP contribution < -0.4 is 5.32 Å². The number of hydrogen-bond donors (Lipinski definition) is 2. The van der Waals surface area contributed by atoms with Gasteiger partial charge in [0.15, 0.2) is 0 Å². The van der Waals surface area contributed by atoms with Crippen molar-refractivity contribution in [3.63, 3.8) is 0 Å². The van der Waals surface area contributed by atoms with Gasteiger partial charge in [-0.2, -0.15) is 0 Å². The normalized spacial score (nSPS) is 25.0. The van der Waals surface area contributed by atoms with Crippen molar-refractivity contribution >= 4 is 15.9 Å².